The third-order valence-electron chi connectivity index (χ3n) is 1.78. The van der Waals surface area contributed by atoms with Crippen molar-refractivity contribution in [3.05, 3.63) is 23.8 Å². The Morgan fingerprint density at radius 1 is 1.47 bits per heavy atom. The van der Waals surface area contributed by atoms with E-state index >= 15 is 0 Å². The molecule has 0 saturated carbocycles. The van der Waals surface area contributed by atoms with Crippen LogP contribution in [0.15, 0.2) is 18.2 Å². The summed E-state index contributed by atoms with van der Waals surface area (Å²) in [5, 5.41) is 0. The maximum Gasteiger partial charge on any atom is 0.337 e. The first kappa shape index (κ1) is 11.7. The number of carbonyl (C=O) groups excluding carboxylic acids is 1. The molecule has 0 fully saturated rings. The van der Waals surface area contributed by atoms with Gasteiger partial charge in [-0.1, -0.05) is 0 Å². The summed E-state index contributed by atoms with van der Waals surface area (Å²) in [7, 11) is 2.79. The molecule has 0 saturated heterocycles. The molecule has 0 spiro atoms. The van der Waals surface area contributed by atoms with Gasteiger partial charge in [0.15, 0.2) is 0 Å². The van der Waals surface area contributed by atoms with E-state index in [1.165, 1.54) is 20.3 Å². The van der Waals surface area contributed by atoms with E-state index in [9.17, 15) is 4.79 Å². The number of hydrogen-bond acceptors (Lipinski definition) is 6. The first-order valence-corrected chi connectivity index (χ1v) is 4.83. The van der Waals surface area contributed by atoms with Crippen molar-refractivity contribution in [2.75, 3.05) is 18.9 Å². The van der Waals surface area contributed by atoms with E-state index in [1.807, 2.05) is 0 Å². The molecule has 2 N–H and O–H groups in total. The molecular formula is C9H11NO4S. The number of anilines is 1. The summed E-state index contributed by atoms with van der Waals surface area (Å²) >= 11 is 0.458. The molecule has 1 aromatic rings. The Kier molecular flexibility index (Phi) is 4.26. The van der Waals surface area contributed by atoms with Crippen LogP contribution in [0.1, 0.15) is 10.4 Å². The standard InChI is InChI=1S/C9H11NO4S/c1-13-8-5-6(9(11)14-2)3-4-7(8)10-15-12/h3-5,10,12H,1-2H3. The van der Waals surface area contributed by atoms with Crippen LogP contribution >= 0.6 is 12.2 Å². The minimum Gasteiger partial charge on any atom is -0.495 e. The quantitative estimate of drug-likeness (QED) is 0.467. The summed E-state index contributed by atoms with van der Waals surface area (Å²) < 4.78 is 20.8. The van der Waals surface area contributed by atoms with Gasteiger partial charge in [0.2, 0.25) is 0 Å². The number of hydrogen-bond donors (Lipinski definition) is 2. The highest BCUT2D eigenvalue weighted by atomic mass is 32.2. The molecule has 0 aromatic heterocycles. The predicted molar refractivity (Wildman–Crippen MR) is 58.2 cm³/mol. The Morgan fingerprint density at radius 3 is 2.73 bits per heavy atom. The molecule has 0 heterocycles. The van der Waals surface area contributed by atoms with Gasteiger partial charge in [0.05, 0.1) is 25.5 Å². The zero-order valence-corrected chi connectivity index (χ0v) is 9.13. The molecule has 0 atom stereocenters. The van der Waals surface area contributed by atoms with Gasteiger partial charge in [0, 0.05) is 0 Å². The number of ether oxygens (including phenoxy) is 2. The molecule has 82 valence electrons. The first-order chi connectivity index (χ1) is 7.22. The maximum atomic E-state index is 11.2. The summed E-state index contributed by atoms with van der Waals surface area (Å²) in [5.74, 6) is 0.0240. The molecule has 6 heteroatoms. The number of rotatable bonds is 4. The van der Waals surface area contributed by atoms with Gasteiger partial charge in [0.25, 0.3) is 0 Å². The Labute approximate surface area is 91.7 Å². The highest BCUT2D eigenvalue weighted by Crippen LogP contribution is 2.27. The zero-order valence-electron chi connectivity index (χ0n) is 8.31. The van der Waals surface area contributed by atoms with Crippen molar-refractivity contribution in [1.82, 2.24) is 0 Å². The van der Waals surface area contributed by atoms with Crippen molar-refractivity contribution >= 4 is 23.9 Å². The van der Waals surface area contributed by atoms with E-state index < -0.39 is 5.97 Å². The number of benzene rings is 1. The highest BCUT2D eigenvalue weighted by molar-refractivity contribution is 7.95. The van der Waals surface area contributed by atoms with Crippen molar-refractivity contribution in [2.24, 2.45) is 0 Å². The number of esters is 1. The molecule has 0 aliphatic rings. The van der Waals surface area contributed by atoms with Crippen LogP contribution in [0.4, 0.5) is 5.69 Å². The molecule has 5 nitrogen and oxygen atoms in total. The first-order valence-electron chi connectivity index (χ1n) is 4.05. The molecule has 1 rings (SSSR count). The van der Waals surface area contributed by atoms with Gasteiger partial charge in [-0.2, -0.15) is 0 Å². The van der Waals surface area contributed by atoms with E-state index in [-0.39, 0.29) is 0 Å². The lowest BCUT2D eigenvalue weighted by Gasteiger charge is -2.09. The van der Waals surface area contributed by atoms with E-state index in [2.05, 4.69) is 9.46 Å². The van der Waals surface area contributed by atoms with E-state index in [4.69, 9.17) is 9.29 Å². The molecule has 0 radical (unpaired) electrons. The summed E-state index contributed by atoms with van der Waals surface area (Å²) in [5.41, 5.74) is 0.973. The number of carbonyl (C=O) groups is 1. The van der Waals surface area contributed by atoms with Gasteiger partial charge in [-0.25, -0.2) is 4.79 Å². The fraction of sp³-hybridized carbons (Fsp3) is 0.222. The number of nitrogens with one attached hydrogen (secondary N) is 1. The van der Waals surface area contributed by atoms with Crippen molar-refractivity contribution in [3.8, 4) is 5.75 Å². The van der Waals surface area contributed by atoms with Gasteiger partial charge in [-0.3, -0.25) is 0 Å². The van der Waals surface area contributed by atoms with Gasteiger partial charge in [0.1, 0.15) is 18.0 Å². The van der Waals surface area contributed by atoms with Crippen LogP contribution in [0.5, 0.6) is 5.75 Å². The van der Waals surface area contributed by atoms with Gasteiger partial charge < -0.3 is 18.7 Å². The molecule has 0 amide bonds. The second-order valence-corrected chi connectivity index (χ2v) is 2.99. The van der Waals surface area contributed by atoms with Gasteiger partial charge >= 0.3 is 5.97 Å². The molecule has 0 aliphatic heterocycles. The van der Waals surface area contributed by atoms with Crippen LogP contribution < -0.4 is 9.46 Å². The second kappa shape index (κ2) is 5.47. The normalized spacial score (nSPS) is 9.53. The monoisotopic (exact) mass is 229 g/mol. The second-order valence-electron chi connectivity index (χ2n) is 2.60. The highest BCUT2D eigenvalue weighted by Gasteiger charge is 2.09. The van der Waals surface area contributed by atoms with Crippen LogP contribution in [0.2, 0.25) is 0 Å². The predicted octanol–water partition coefficient (Wildman–Crippen LogP) is 2.01. The van der Waals surface area contributed by atoms with Gasteiger partial charge in [-0.15, -0.1) is 0 Å². The Hall–Kier alpha value is -1.40. The fourth-order valence-corrected chi connectivity index (χ4v) is 1.34. The lowest BCUT2D eigenvalue weighted by atomic mass is 10.2. The minimum absolute atomic E-state index is 0.392. The Balaban J connectivity index is 3.01. The average Bonchev–Trinajstić information content (AvgIpc) is 2.29. The smallest absolute Gasteiger partial charge is 0.337 e. The minimum atomic E-state index is -0.434. The largest absolute Gasteiger partial charge is 0.495 e. The van der Waals surface area contributed by atoms with E-state index in [0.717, 1.165) is 0 Å². The number of methoxy groups -OCH3 is 2. The average molecular weight is 229 g/mol. The molecular weight excluding hydrogens is 218 g/mol. The van der Waals surface area contributed by atoms with Crippen LogP contribution in [0, 0.1) is 0 Å². The molecule has 1 aromatic carbocycles. The summed E-state index contributed by atoms with van der Waals surface area (Å²) in [6, 6.07) is 4.73. The molecule has 15 heavy (non-hydrogen) atoms. The van der Waals surface area contributed by atoms with E-state index in [1.54, 1.807) is 12.1 Å². The topological polar surface area (TPSA) is 67.8 Å². The third kappa shape index (κ3) is 2.77. The molecule has 0 aliphatic carbocycles. The lowest BCUT2D eigenvalue weighted by molar-refractivity contribution is 0.0600. The fourth-order valence-electron chi connectivity index (χ4n) is 1.07. The van der Waals surface area contributed by atoms with Crippen LogP contribution in [-0.4, -0.2) is 24.7 Å². The molecule has 0 unspecified atom stereocenters. The van der Waals surface area contributed by atoms with Crippen LogP contribution in [0.25, 0.3) is 0 Å². The van der Waals surface area contributed by atoms with Crippen molar-refractivity contribution in [2.45, 2.75) is 0 Å². The SMILES string of the molecule is COC(=O)c1ccc(NSO)c(OC)c1. The van der Waals surface area contributed by atoms with Crippen LogP contribution in [0.3, 0.4) is 0 Å². The Bertz CT molecular complexity index is 356. The van der Waals surface area contributed by atoms with Crippen molar-refractivity contribution in [1.29, 1.82) is 0 Å². The zero-order chi connectivity index (χ0) is 11.3. The summed E-state index contributed by atoms with van der Waals surface area (Å²) in [4.78, 5) is 11.2. The third-order valence-corrected chi connectivity index (χ3v) is 2.09. The van der Waals surface area contributed by atoms with Crippen LogP contribution in [-0.2, 0) is 4.74 Å². The Morgan fingerprint density at radius 2 is 2.20 bits per heavy atom. The van der Waals surface area contributed by atoms with E-state index in [0.29, 0.717) is 29.2 Å². The summed E-state index contributed by atoms with van der Waals surface area (Å²) in [6.07, 6.45) is 0. The summed E-state index contributed by atoms with van der Waals surface area (Å²) in [6.45, 7) is 0. The lowest BCUT2D eigenvalue weighted by Crippen LogP contribution is -2.02. The maximum absolute atomic E-state index is 11.2. The molecule has 0 bridgehead atoms. The van der Waals surface area contributed by atoms with Gasteiger partial charge in [-0.05, 0) is 18.2 Å². The van der Waals surface area contributed by atoms with Crippen molar-refractivity contribution < 1.29 is 18.8 Å². The van der Waals surface area contributed by atoms with Crippen molar-refractivity contribution in [3.63, 3.8) is 0 Å².